The Kier molecular flexibility index (Phi) is 8.12. The molecule has 0 spiro atoms. The lowest BCUT2D eigenvalue weighted by molar-refractivity contribution is -0.740. The van der Waals surface area contributed by atoms with E-state index in [4.69, 9.17) is 9.57 Å². The van der Waals surface area contributed by atoms with Crippen molar-refractivity contribution in [3.8, 4) is 5.75 Å². The van der Waals surface area contributed by atoms with Crippen molar-refractivity contribution in [1.29, 1.82) is 0 Å². The first-order chi connectivity index (χ1) is 8.60. The fraction of sp³-hybridized carbons (Fsp3) is 0.357. The molecule has 0 atom stereocenters. The van der Waals surface area contributed by atoms with Crippen LogP contribution in [0.3, 0.4) is 0 Å². The zero-order chi connectivity index (χ0) is 14.1. The monoisotopic (exact) mass is 314 g/mol. The normalized spacial score (nSPS) is 11.7. The molecule has 1 aromatic rings. The zero-order valence-electron chi connectivity index (χ0n) is 11.6. The van der Waals surface area contributed by atoms with Gasteiger partial charge in [-0.25, -0.2) is 0 Å². The largest absolute Gasteiger partial charge is 0.496 e. The maximum atomic E-state index is 5.26. The summed E-state index contributed by atoms with van der Waals surface area (Å²) in [6, 6.07) is 3.98. The van der Waals surface area contributed by atoms with Crippen molar-refractivity contribution in [3.05, 3.63) is 28.1 Å². The van der Waals surface area contributed by atoms with Crippen LogP contribution in [0.5, 0.6) is 5.75 Å². The number of hydrogen-bond acceptors (Lipinski definition) is 2. The molecule has 0 fully saturated rings. The zero-order valence-corrected chi connectivity index (χ0v) is 13.2. The molecular formula is C14H21BrNO2+. The SMILES string of the molecule is C=c1c(OC)cc(C)c/c1=C(Br)/C=[NH+]/OC.CC. The van der Waals surface area contributed by atoms with Gasteiger partial charge in [0.1, 0.15) is 12.9 Å². The summed E-state index contributed by atoms with van der Waals surface area (Å²) in [6.07, 6.45) is 1.71. The molecule has 0 saturated carbocycles. The summed E-state index contributed by atoms with van der Waals surface area (Å²) in [4.78, 5) is 4.75. The predicted octanol–water partition coefficient (Wildman–Crippen LogP) is 0.656. The van der Waals surface area contributed by atoms with Crippen LogP contribution >= 0.6 is 15.9 Å². The summed E-state index contributed by atoms with van der Waals surface area (Å²) in [5, 5.41) is 4.47. The Morgan fingerprint density at radius 3 is 2.44 bits per heavy atom. The molecule has 0 aliphatic heterocycles. The van der Waals surface area contributed by atoms with Crippen molar-refractivity contribution >= 4 is 33.2 Å². The average molecular weight is 315 g/mol. The molecule has 100 valence electrons. The third kappa shape index (κ3) is 4.53. The summed E-state index contributed by atoms with van der Waals surface area (Å²) in [5.74, 6) is 0.776. The molecule has 0 aliphatic carbocycles. The number of ether oxygens (including phenoxy) is 1. The molecule has 0 aliphatic rings. The second-order valence-corrected chi connectivity index (χ2v) is 4.16. The lowest BCUT2D eigenvalue weighted by atomic mass is 10.1. The highest BCUT2D eigenvalue weighted by molar-refractivity contribution is 9.15. The Morgan fingerprint density at radius 1 is 1.33 bits per heavy atom. The maximum absolute atomic E-state index is 5.26. The number of halogens is 1. The van der Waals surface area contributed by atoms with Crippen molar-refractivity contribution in [3.63, 3.8) is 0 Å². The molecule has 0 radical (unpaired) electrons. The lowest BCUT2D eigenvalue weighted by Gasteiger charge is -2.03. The summed E-state index contributed by atoms with van der Waals surface area (Å²) < 4.78 is 6.12. The van der Waals surface area contributed by atoms with Crippen LogP contribution in [0.1, 0.15) is 19.4 Å². The number of nitrogens with one attached hydrogen (secondary N) is 1. The summed E-state index contributed by atoms with van der Waals surface area (Å²) in [5.41, 5.74) is 1.11. The van der Waals surface area contributed by atoms with E-state index in [2.05, 4.69) is 27.7 Å². The van der Waals surface area contributed by atoms with E-state index in [0.29, 0.717) is 0 Å². The molecule has 1 rings (SSSR count). The Bertz CT molecular complexity index is 509. The molecule has 0 heterocycles. The third-order valence-electron chi connectivity index (χ3n) is 2.13. The molecule has 0 bridgehead atoms. The van der Waals surface area contributed by atoms with Gasteiger partial charge in [0.25, 0.3) is 0 Å². The second-order valence-electron chi connectivity index (χ2n) is 3.31. The third-order valence-corrected chi connectivity index (χ3v) is 2.79. The predicted molar refractivity (Wildman–Crippen MR) is 80.2 cm³/mol. The fourth-order valence-electron chi connectivity index (χ4n) is 1.37. The minimum absolute atomic E-state index is 0.776. The Labute approximate surface area is 117 Å². The average Bonchev–Trinajstić information content (AvgIpc) is 2.40. The Hall–Kier alpha value is -1.29. The molecular weight excluding hydrogens is 294 g/mol. The van der Waals surface area contributed by atoms with Crippen LogP contribution in [0.4, 0.5) is 0 Å². The number of benzene rings is 1. The Balaban J connectivity index is 0.00000137. The van der Waals surface area contributed by atoms with Crippen molar-refractivity contribution in [2.45, 2.75) is 20.8 Å². The van der Waals surface area contributed by atoms with E-state index in [9.17, 15) is 0 Å². The highest BCUT2D eigenvalue weighted by atomic mass is 79.9. The number of rotatable bonds is 3. The van der Waals surface area contributed by atoms with Crippen LogP contribution in [0.2, 0.25) is 0 Å². The van der Waals surface area contributed by atoms with Gasteiger partial charge in [0.15, 0.2) is 0 Å². The first-order valence-electron chi connectivity index (χ1n) is 5.75. The van der Waals surface area contributed by atoms with Crippen LogP contribution in [-0.4, -0.2) is 20.4 Å². The van der Waals surface area contributed by atoms with Gasteiger partial charge in [-0.15, -0.1) is 0 Å². The lowest BCUT2D eigenvalue weighted by Crippen LogP contribution is -2.66. The molecule has 1 aromatic carbocycles. The first kappa shape index (κ1) is 16.7. The minimum atomic E-state index is 0.776. The topological polar surface area (TPSA) is 32.4 Å². The van der Waals surface area contributed by atoms with Gasteiger partial charge in [0.05, 0.1) is 11.6 Å². The molecule has 0 unspecified atom stereocenters. The number of hydrogen-bond donors (Lipinski definition) is 1. The van der Waals surface area contributed by atoms with Gasteiger partial charge in [-0.3, -0.25) is 4.84 Å². The van der Waals surface area contributed by atoms with Crippen LogP contribution in [0.15, 0.2) is 12.1 Å². The van der Waals surface area contributed by atoms with Gasteiger partial charge in [0, 0.05) is 10.4 Å². The van der Waals surface area contributed by atoms with E-state index in [1.165, 1.54) is 0 Å². The fourth-order valence-corrected chi connectivity index (χ4v) is 1.81. The van der Waals surface area contributed by atoms with Crippen molar-refractivity contribution < 1.29 is 14.7 Å². The van der Waals surface area contributed by atoms with E-state index in [1.54, 1.807) is 20.4 Å². The molecule has 3 nitrogen and oxygen atoms in total. The molecule has 1 N–H and O–H groups in total. The van der Waals surface area contributed by atoms with E-state index in [0.717, 1.165) is 26.2 Å². The maximum Gasteiger partial charge on any atom is 0.227 e. The molecule has 0 aromatic heterocycles. The van der Waals surface area contributed by atoms with E-state index in [1.807, 2.05) is 32.9 Å². The Morgan fingerprint density at radius 2 is 1.94 bits per heavy atom. The highest BCUT2D eigenvalue weighted by Gasteiger charge is 2.01. The number of aryl methyl sites for hydroxylation is 1. The summed E-state index contributed by atoms with van der Waals surface area (Å²) in [7, 11) is 3.19. The smallest absolute Gasteiger partial charge is 0.227 e. The summed E-state index contributed by atoms with van der Waals surface area (Å²) >= 11 is 3.46. The second kappa shape index (κ2) is 8.75. The van der Waals surface area contributed by atoms with Crippen LogP contribution in [0, 0.1) is 6.92 Å². The van der Waals surface area contributed by atoms with Crippen LogP contribution < -0.4 is 20.3 Å². The van der Waals surface area contributed by atoms with E-state index < -0.39 is 0 Å². The quantitative estimate of drug-likeness (QED) is 0.656. The highest BCUT2D eigenvalue weighted by Crippen LogP contribution is 2.05. The van der Waals surface area contributed by atoms with Gasteiger partial charge in [0.2, 0.25) is 6.21 Å². The number of methoxy groups -OCH3 is 1. The molecule has 0 saturated heterocycles. The molecule has 18 heavy (non-hydrogen) atoms. The van der Waals surface area contributed by atoms with E-state index >= 15 is 0 Å². The summed E-state index contributed by atoms with van der Waals surface area (Å²) in [6.45, 7) is 10.0. The molecule has 4 heteroatoms. The van der Waals surface area contributed by atoms with Gasteiger partial charge in [-0.2, -0.15) is 0 Å². The minimum Gasteiger partial charge on any atom is -0.496 e. The van der Waals surface area contributed by atoms with Crippen molar-refractivity contribution in [2.24, 2.45) is 0 Å². The standard InChI is InChI=1S/C12H14BrNO2.C2H6/c1-8-5-10(11(13)7-14-16-4)9(2)12(6-8)15-3;1-2/h5-7H,2H2,1,3-4H3;1-2H3/p+1/b11-10+,14-7+;. The van der Waals surface area contributed by atoms with Gasteiger partial charge in [-0.05, 0) is 45.7 Å². The first-order valence-corrected chi connectivity index (χ1v) is 6.54. The van der Waals surface area contributed by atoms with Gasteiger partial charge < -0.3 is 4.74 Å². The van der Waals surface area contributed by atoms with Crippen LogP contribution in [0.25, 0.3) is 11.1 Å². The molecule has 0 amide bonds. The van der Waals surface area contributed by atoms with Crippen molar-refractivity contribution in [2.75, 3.05) is 14.2 Å². The van der Waals surface area contributed by atoms with E-state index in [-0.39, 0.29) is 0 Å². The van der Waals surface area contributed by atoms with Gasteiger partial charge in [-0.1, -0.05) is 20.4 Å². The van der Waals surface area contributed by atoms with Gasteiger partial charge >= 0.3 is 0 Å². The van der Waals surface area contributed by atoms with Crippen LogP contribution in [-0.2, 0) is 4.84 Å². The van der Waals surface area contributed by atoms with Crippen molar-refractivity contribution in [1.82, 2.24) is 0 Å².